The van der Waals surface area contributed by atoms with E-state index >= 15 is 0 Å². The van der Waals surface area contributed by atoms with Crippen LogP contribution in [0.3, 0.4) is 0 Å². The number of benzene rings is 1. The number of carboxylic acid groups (broad SMARTS) is 1. The van der Waals surface area contributed by atoms with E-state index in [4.69, 9.17) is 5.11 Å². The Kier molecular flexibility index (Phi) is 5.79. The van der Waals surface area contributed by atoms with Gasteiger partial charge in [-0.3, -0.25) is 9.59 Å². The Morgan fingerprint density at radius 2 is 1.96 bits per heavy atom. The smallest absolute Gasteiger partial charge is 0.308 e. The van der Waals surface area contributed by atoms with Gasteiger partial charge in [-0.15, -0.1) is 0 Å². The molecule has 0 aliphatic carbocycles. The first kappa shape index (κ1) is 19.3. The minimum Gasteiger partial charge on any atom is -0.481 e. The van der Waals surface area contributed by atoms with Crippen LogP contribution in [0.15, 0.2) is 29.2 Å². The summed E-state index contributed by atoms with van der Waals surface area (Å²) in [7, 11) is -4.23. The van der Waals surface area contributed by atoms with E-state index in [0.29, 0.717) is 6.42 Å². The summed E-state index contributed by atoms with van der Waals surface area (Å²) in [6.45, 7) is 3.62. The number of hydrogen-bond donors (Lipinski definition) is 2. The Bertz CT molecular complexity index is 766. The van der Waals surface area contributed by atoms with E-state index in [9.17, 15) is 22.4 Å². The van der Waals surface area contributed by atoms with E-state index in [1.54, 1.807) is 13.8 Å². The molecule has 2 atom stereocenters. The Morgan fingerprint density at radius 3 is 2.48 bits per heavy atom. The van der Waals surface area contributed by atoms with Crippen LogP contribution in [0.2, 0.25) is 0 Å². The van der Waals surface area contributed by atoms with Crippen molar-refractivity contribution in [1.82, 2.24) is 9.62 Å². The first-order valence-corrected chi connectivity index (χ1v) is 9.40. The normalized spacial score (nSPS) is 19.2. The van der Waals surface area contributed by atoms with Crippen molar-refractivity contribution in [2.24, 2.45) is 11.8 Å². The van der Waals surface area contributed by atoms with Gasteiger partial charge in [0.1, 0.15) is 16.8 Å². The highest BCUT2D eigenvalue weighted by molar-refractivity contribution is 7.89. The number of carbonyl (C=O) groups excluding carboxylic acids is 1. The number of hydrogen-bond acceptors (Lipinski definition) is 4. The Morgan fingerprint density at radius 1 is 1.32 bits per heavy atom. The van der Waals surface area contributed by atoms with Gasteiger partial charge in [-0.25, -0.2) is 12.8 Å². The second-order valence-corrected chi connectivity index (χ2v) is 8.06. The standard InChI is InChI=1S/C16H21FN2O5S/c1-10(2)14(15(20)19-8-7-11(9-19)16(21)22)18-25(23,24)13-6-4-3-5-12(13)17/h3-6,10-11,14,18H,7-9H2,1-2H3,(H,21,22)/t11?,14-/m0/s1. The number of halogens is 1. The predicted molar refractivity (Wildman–Crippen MR) is 87.7 cm³/mol. The molecule has 1 aromatic carbocycles. The molecule has 138 valence electrons. The van der Waals surface area contributed by atoms with Crippen LogP contribution in [0, 0.1) is 17.7 Å². The summed E-state index contributed by atoms with van der Waals surface area (Å²) in [4.78, 5) is 24.5. The van der Waals surface area contributed by atoms with Crippen molar-refractivity contribution in [3.05, 3.63) is 30.1 Å². The maximum absolute atomic E-state index is 13.8. The Hall–Kier alpha value is -2.00. The molecule has 0 aromatic heterocycles. The second-order valence-electron chi connectivity index (χ2n) is 6.38. The molecule has 1 aliphatic heterocycles. The maximum Gasteiger partial charge on any atom is 0.308 e. The summed E-state index contributed by atoms with van der Waals surface area (Å²) >= 11 is 0. The molecule has 1 unspecified atom stereocenters. The zero-order valence-electron chi connectivity index (χ0n) is 14.0. The summed E-state index contributed by atoms with van der Waals surface area (Å²) in [6, 6.07) is 3.81. The van der Waals surface area contributed by atoms with Gasteiger partial charge in [0, 0.05) is 13.1 Å². The van der Waals surface area contributed by atoms with Crippen LogP contribution in [0.5, 0.6) is 0 Å². The van der Waals surface area contributed by atoms with Crippen LogP contribution in [0.1, 0.15) is 20.3 Å². The van der Waals surface area contributed by atoms with Gasteiger partial charge >= 0.3 is 5.97 Å². The number of sulfonamides is 1. The maximum atomic E-state index is 13.8. The lowest BCUT2D eigenvalue weighted by atomic mass is 10.0. The first-order chi connectivity index (χ1) is 11.6. The summed E-state index contributed by atoms with van der Waals surface area (Å²) < 4.78 is 41.0. The van der Waals surface area contributed by atoms with Crippen LogP contribution in [0.25, 0.3) is 0 Å². The van der Waals surface area contributed by atoms with Gasteiger partial charge < -0.3 is 10.0 Å². The SMILES string of the molecule is CC(C)[C@H](NS(=O)(=O)c1ccccc1F)C(=O)N1CCC(C(=O)O)C1. The van der Waals surface area contributed by atoms with Crippen molar-refractivity contribution in [3.63, 3.8) is 0 Å². The largest absolute Gasteiger partial charge is 0.481 e. The van der Waals surface area contributed by atoms with Crippen LogP contribution < -0.4 is 4.72 Å². The third-order valence-corrected chi connectivity index (χ3v) is 5.66. The van der Waals surface area contributed by atoms with Crippen molar-refractivity contribution < 1.29 is 27.5 Å². The molecular formula is C16H21FN2O5S. The fourth-order valence-corrected chi connectivity index (χ4v) is 4.14. The zero-order valence-corrected chi connectivity index (χ0v) is 14.8. The molecule has 1 fully saturated rings. The van der Waals surface area contributed by atoms with E-state index in [1.165, 1.54) is 17.0 Å². The number of aliphatic carboxylic acids is 1. The lowest BCUT2D eigenvalue weighted by Crippen LogP contribution is -2.50. The first-order valence-electron chi connectivity index (χ1n) is 7.92. The van der Waals surface area contributed by atoms with Gasteiger partial charge in [0.15, 0.2) is 0 Å². The molecule has 0 radical (unpaired) electrons. The average Bonchev–Trinajstić information content (AvgIpc) is 3.02. The topological polar surface area (TPSA) is 104 Å². The average molecular weight is 372 g/mol. The predicted octanol–water partition coefficient (Wildman–Crippen LogP) is 1.06. The molecule has 1 amide bonds. The van der Waals surface area contributed by atoms with Crippen LogP contribution >= 0.6 is 0 Å². The van der Waals surface area contributed by atoms with E-state index in [1.807, 2.05) is 0 Å². The Balaban J connectivity index is 2.20. The molecule has 1 heterocycles. The van der Waals surface area contributed by atoms with Crippen molar-refractivity contribution in [2.45, 2.75) is 31.2 Å². The van der Waals surface area contributed by atoms with Gasteiger partial charge in [0.2, 0.25) is 15.9 Å². The van der Waals surface area contributed by atoms with Gasteiger partial charge in [0.05, 0.1) is 5.92 Å². The summed E-state index contributed by atoms with van der Waals surface area (Å²) in [5, 5.41) is 9.04. The lowest BCUT2D eigenvalue weighted by molar-refractivity contribution is -0.141. The van der Waals surface area contributed by atoms with Gasteiger partial charge in [-0.2, -0.15) is 4.72 Å². The van der Waals surface area contributed by atoms with Crippen LogP contribution in [-0.2, 0) is 19.6 Å². The molecule has 1 saturated heterocycles. The van der Waals surface area contributed by atoms with Gasteiger partial charge in [-0.05, 0) is 24.5 Å². The summed E-state index contributed by atoms with van der Waals surface area (Å²) in [6.07, 6.45) is 0.325. The van der Waals surface area contributed by atoms with Crippen LogP contribution in [0.4, 0.5) is 4.39 Å². The van der Waals surface area contributed by atoms with Crippen molar-refractivity contribution >= 4 is 21.9 Å². The third-order valence-electron chi connectivity index (χ3n) is 4.19. The molecule has 1 aromatic rings. The highest BCUT2D eigenvalue weighted by Gasteiger charge is 2.37. The van der Waals surface area contributed by atoms with Crippen LogP contribution in [-0.4, -0.2) is 49.4 Å². The second kappa shape index (κ2) is 7.49. The van der Waals surface area contributed by atoms with E-state index < -0.39 is 50.5 Å². The molecule has 25 heavy (non-hydrogen) atoms. The number of amides is 1. The van der Waals surface area contributed by atoms with E-state index in [-0.39, 0.29) is 13.1 Å². The highest BCUT2D eigenvalue weighted by Crippen LogP contribution is 2.21. The minimum atomic E-state index is -4.23. The molecule has 1 aliphatic rings. The van der Waals surface area contributed by atoms with Crippen molar-refractivity contribution in [3.8, 4) is 0 Å². The molecular weight excluding hydrogens is 351 g/mol. The molecule has 2 rings (SSSR count). The molecule has 0 bridgehead atoms. The quantitative estimate of drug-likeness (QED) is 0.777. The number of likely N-dealkylation sites (tertiary alicyclic amines) is 1. The number of rotatable bonds is 6. The molecule has 9 heteroatoms. The minimum absolute atomic E-state index is 0.0405. The van der Waals surface area contributed by atoms with E-state index in [2.05, 4.69) is 4.72 Å². The number of carboxylic acids is 1. The molecule has 2 N–H and O–H groups in total. The number of nitrogens with one attached hydrogen (secondary N) is 1. The summed E-state index contributed by atoms with van der Waals surface area (Å²) in [5.41, 5.74) is 0. The third kappa shape index (κ3) is 4.35. The fourth-order valence-electron chi connectivity index (χ4n) is 2.72. The van der Waals surface area contributed by atoms with Gasteiger partial charge in [-0.1, -0.05) is 26.0 Å². The number of nitrogens with zero attached hydrogens (tertiary/aromatic N) is 1. The van der Waals surface area contributed by atoms with E-state index in [0.717, 1.165) is 12.1 Å². The highest BCUT2D eigenvalue weighted by atomic mass is 32.2. The lowest BCUT2D eigenvalue weighted by Gasteiger charge is -2.26. The Labute approximate surface area is 145 Å². The molecule has 0 saturated carbocycles. The molecule has 0 spiro atoms. The number of carbonyl (C=O) groups is 2. The molecule has 7 nitrogen and oxygen atoms in total. The van der Waals surface area contributed by atoms with Crippen molar-refractivity contribution in [2.75, 3.05) is 13.1 Å². The van der Waals surface area contributed by atoms with Crippen molar-refractivity contribution in [1.29, 1.82) is 0 Å². The van der Waals surface area contributed by atoms with Gasteiger partial charge in [0.25, 0.3) is 0 Å². The zero-order chi connectivity index (χ0) is 18.8. The fraction of sp³-hybridized carbons (Fsp3) is 0.500. The monoisotopic (exact) mass is 372 g/mol. The summed E-state index contributed by atoms with van der Waals surface area (Å²) in [5.74, 6) is -3.43.